The number of hydrogen-bond donors (Lipinski definition) is 0. The molecular weight excluding hydrogens is 398 g/mol. The first-order valence-corrected chi connectivity index (χ1v) is 11.8. The van der Waals surface area contributed by atoms with E-state index in [-0.39, 0.29) is 6.54 Å². The van der Waals surface area contributed by atoms with E-state index in [0.29, 0.717) is 22.7 Å². The zero-order valence-electron chi connectivity index (χ0n) is 17.0. The van der Waals surface area contributed by atoms with Gasteiger partial charge in [0.1, 0.15) is 5.69 Å². The van der Waals surface area contributed by atoms with Gasteiger partial charge in [-0.05, 0) is 43.0 Å². The molecule has 156 valence electrons. The summed E-state index contributed by atoms with van der Waals surface area (Å²) in [4.78, 5) is 2.66. The lowest BCUT2D eigenvalue weighted by molar-refractivity contribution is 0.464. The monoisotopic (exact) mass is 423 g/mol. The van der Waals surface area contributed by atoms with Crippen LogP contribution in [0.3, 0.4) is 0 Å². The van der Waals surface area contributed by atoms with Crippen molar-refractivity contribution < 1.29 is 8.42 Å². The van der Waals surface area contributed by atoms with Crippen LogP contribution in [0.5, 0.6) is 0 Å². The van der Waals surface area contributed by atoms with Crippen LogP contribution < -0.4 is 4.90 Å². The highest BCUT2D eigenvalue weighted by Gasteiger charge is 2.33. The summed E-state index contributed by atoms with van der Waals surface area (Å²) in [5.74, 6) is 0. The maximum atomic E-state index is 13.2. The molecule has 0 aliphatic carbocycles. The first-order valence-electron chi connectivity index (χ1n) is 10.4. The number of aromatic nitrogens is 3. The average Bonchev–Trinajstić information content (AvgIpc) is 3.13. The van der Waals surface area contributed by atoms with Gasteiger partial charge in [0.25, 0.3) is 0 Å². The summed E-state index contributed by atoms with van der Waals surface area (Å²) in [6.07, 6.45) is 3.58. The fourth-order valence-electron chi connectivity index (χ4n) is 4.36. The van der Waals surface area contributed by atoms with E-state index in [4.69, 9.17) is 0 Å². The first kappa shape index (κ1) is 19.3. The van der Waals surface area contributed by atoms with Crippen molar-refractivity contribution in [3.63, 3.8) is 0 Å². The molecule has 0 spiro atoms. The van der Waals surface area contributed by atoms with Crippen molar-refractivity contribution in [2.45, 2.75) is 37.2 Å². The van der Waals surface area contributed by atoms with Gasteiger partial charge >= 0.3 is 0 Å². The zero-order chi connectivity index (χ0) is 20.7. The Hall–Kier alpha value is -2.71. The van der Waals surface area contributed by atoms with Gasteiger partial charge in [-0.3, -0.25) is 0 Å². The molecule has 8 heteroatoms. The molecule has 7 nitrogen and oxygen atoms in total. The highest BCUT2D eigenvalue weighted by Crippen LogP contribution is 2.38. The van der Waals surface area contributed by atoms with Gasteiger partial charge in [0.05, 0.1) is 23.7 Å². The molecule has 2 aromatic carbocycles. The number of piperidine rings is 1. The van der Waals surface area contributed by atoms with E-state index < -0.39 is 10.0 Å². The topological polar surface area (TPSA) is 71.3 Å². The van der Waals surface area contributed by atoms with E-state index in [9.17, 15) is 8.42 Å². The molecule has 0 unspecified atom stereocenters. The van der Waals surface area contributed by atoms with Crippen LogP contribution in [-0.4, -0.2) is 47.9 Å². The van der Waals surface area contributed by atoms with Gasteiger partial charge in [-0.2, -0.15) is 4.31 Å². The molecule has 1 fully saturated rings. The maximum absolute atomic E-state index is 13.2. The predicted molar refractivity (Wildman–Crippen MR) is 116 cm³/mol. The second-order valence-electron chi connectivity index (χ2n) is 8.02. The Morgan fingerprint density at radius 3 is 2.53 bits per heavy atom. The highest BCUT2D eigenvalue weighted by molar-refractivity contribution is 7.89. The van der Waals surface area contributed by atoms with Gasteiger partial charge in [0, 0.05) is 31.4 Å². The fourth-order valence-corrected chi connectivity index (χ4v) is 5.66. The lowest BCUT2D eigenvalue weighted by atomic mass is 10.1. The molecule has 0 saturated carbocycles. The molecule has 0 radical (unpaired) electrons. The average molecular weight is 424 g/mol. The second-order valence-corrected chi connectivity index (χ2v) is 10.0. The standard InChI is InChI=1S/C22H25N5O2S/c1-25-16-20-22(27(24-23-20)15-17-8-4-2-5-9-17)19-14-18(26-12-6-3-7-13-26)10-11-21(19)30(25,28)29/h2,4-5,8-11,14H,3,6-7,12-13,15-16H2,1H3. The zero-order valence-corrected chi connectivity index (χ0v) is 17.8. The van der Waals surface area contributed by atoms with Crippen LogP contribution in [0.25, 0.3) is 11.3 Å². The van der Waals surface area contributed by atoms with Crippen molar-refractivity contribution in [2.24, 2.45) is 0 Å². The molecule has 1 aromatic heterocycles. The van der Waals surface area contributed by atoms with Crippen molar-refractivity contribution in [1.82, 2.24) is 19.3 Å². The Morgan fingerprint density at radius 1 is 1.00 bits per heavy atom. The number of benzene rings is 2. The number of nitrogens with zero attached hydrogens (tertiary/aromatic N) is 5. The predicted octanol–water partition coefficient (Wildman–Crippen LogP) is 3.12. The van der Waals surface area contributed by atoms with Gasteiger partial charge in [0.2, 0.25) is 10.0 Å². The highest BCUT2D eigenvalue weighted by atomic mass is 32.2. The van der Waals surface area contributed by atoms with Crippen molar-refractivity contribution in [3.05, 3.63) is 59.8 Å². The SMILES string of the molecule is CN1Cc2nnn(Cc3ccccc3)c2-c2cc(N3CCCCC3)ccc2S1(=O)=O. The van der Waals surface area contributed by atoms with E-state index >= 15 is 0 Å². The lowest BCUT2D eigenvalue weighted by Crippen LogP contribution is -2.29. The van der Waals surface area contributed by atoms with Crippen LogP contribution in [0.1, 0.15) is 30.5 Å². The number of rotatable bonds is 3. The molecule has 5 rings (SSSR count). The van der Waals surface area contributed by atoms with Gasteiger partial charge in [-0.15, -0.1) is 5.10 Å². The van der Waals surface area contributed by atoms with Crippen molar-refractivity contribution in [3.8, 4) is 11.3 Å². The maximum Gasteiger partial charge on any atom is 0.243 e. The van der Waals surface area contributed by atoms with E-state index in [0.717, 1.165) is 42.9 Å². The summed E-state index contributed by atoms with van der Waals surface area (Å²) >= 11 is 0. The third-order valence-corrected chi connectivity index (χ3v) is 7.84. The summed E-state index contributed by atoms with van der Waals surface area (Å²) in [5, 5.41) is 8.75. The molecule has 3 aromatic rings. The fraction of sp³-hybridized carbons (Fsp3) is 0.364. The largest absolute Gasteiger partial charge is 0.372 e. The summed E-state index contributed by atoms with van der Waals surface area (Å²) in [5.41, 5.74) is 4.33. The van der Waals surface area contributed by atoms with Crippen molar-refractivity contribution in [1.29, 1.82) is 0 Å². The molecule has 0 amide bonds. The lowest BCUT2D eigenvalue weighted by Gasteiger charge is -2.29. The van der Waals surface area contributed by atoms with Gasteiger partial charge in [-0.1, -0.05) is 35.5 Å². The number of hydrogen-bond acceptors (Lipinski definition) is 5. The van der Waals surface area contributed by atoms with Crippen LogP contribution >= 0.6 is 0 Å². The Bertz CT molecular complexity index is 1170. The third-order valence-electron chi connectivity index (χ3n) is 5.98. The van der Waals surface area contributed by atoms with Crippen LogP contribution in [0.2, 0.25) is 0 Å². The van der Waals surface area contributed by atoms with Crippen molar-refractivity contribution in [2.75, 3.05) is 25.0 Å². The molecule has 1 saturated heterocycles. The number of fused-ring (bicyclic) bond motifs is 3. The third kappa shape index (κ3) is 3.30. The van der Waals surface area contributed by atoms with Gasteiger partial charge < -0.3 is 4.90 Å². The molecule has 2 aliphatic heterocycles. The summed E-state index contributed by atoms with van der Waals surface area (Å²) in [7, 11) is -2.00. The minimum atomic E-state index is -3.60. The molecule has 0 N–H and O–H groups in total. The minimum absolute atomic E-state index is 0.209. The van der Waals surface area contributed by atoms with Gasteiger partial charge in [-0.25, -0.2) is 13.1 Å². The van der Waals surface area contributed by atoms with Crippen LogP contribution in [0.15, 0.2) is 53.4 Å². The Kier molecular flexibility index (Phi) is 4.83. The molecule has 3 heterocycles. The number of sulfonamides is 1. The molecule has 30 heavy (non-hydrogen) atoms. The Labute approximate surface area is 177 Å². The quantitative estimate of drug-likeness (QED) is 0.647. The first-order chi connectivity index (χ1) is 14.5. The number of anilines is 1. The molecule has 0 bridgehead atoms. The summed E-state index contributed by atoms with van der Waals surface area (Å²) in [6, 6.07) is 15.7. The smallest absolute Gasteiger partial charge is 0.243 e. The molecular formula is C22H25N5O2S. The van der Waals surface area contributed by atoms with E-state index in [2.05, 4.69) is 15.2 Å². The molecule has 2 aliphatic rings. The Balaban J connectivity index is 1.67. The van der Waals surface area contributed by atoms with Crippen LogP contribution in [0, 0.1) is 0 Å². The minimum Gasteiger partial charge on any atom is -0.372 e. The van der Waals surface area contributed by atoms with Crippen LogP contribution in [0.4, 0.5) is 5.69 Å². The van der Waals surface area contributed by atoms with Gasteiger partial charge in [0.15, 0.2) is 0 Å². The summed E-state index contributed by atoms with van der Waals surface area (Å²) in [6.45, 7) is 2.75. The second kappa shape index (κ2) is 7.52. The van der Waals surface area contributed by atoms with E-state index in [1.165, 1.54) is 10.7 Å². The van der Waals surface area contributed by atoms with E-state index in [1.807, 2.05) is 47.1 Å². The normalized spacial score (nSPS) is 18.5. The molecule has 0 atom stereocenters. The summed E-state index contributed by atoms with van der Waals surface area (Å²) < 4.78 is 29.6. The van der Waals surface area contributed by atoms with Crippen LogP contribution in [-0.2, 0) is 23.1 Å². The van der Waals surface area contributed by atoms with Crippen molar-refractivity contribution >= 4 is 15.7 Å². The van der Waals surface area contributed by atoms with E-state index in [1.54, 1.807) is 13.1 Å². The Morgan fingerprint density at radius 2 is 1.77 bits per heavy atom.